The summed E-state index contributed by atoms with van der Waals surface area (Å²) >= 11 is 1.09. The third kappa shape index (κ3) is 2.74. The Morgan fingerprint density at radius 3 is 2.68 bits per heavy atom. The number of Topliss-reactive ketones (excluding diaryl/α,β-unsaturated/α-hetero) is 1. The van der Waals surface area contributed by atoms with Crippen LogP contribution in [-0.2, 0) is 16.0 Å². The number of hydrogen-bond acceptors (Lipinski definition) is 6. The van der Waals surface area contributed by atoms with E-state index < -0.39 is 11.4 Å². The number of ether oxygens (including phenoxy) is 1. The molecule has 1 atom stereocenters. The highest BCUT2D eigenvalue weighted by Crippen LogP contribution is 2.52. The van der Waals surface area contributed by atoms with Gasteiger partial charge in [-0.25, -0.2) is 4.79 Å². The third-order valence-corrected chi connectivity index (χ3v) is 6.30. The number of rotatable bonds is 4. The molecular weight excluding hydrogens is 340 g/mol. The van der Waals surface area contributed by atoms with Crippen LogP contribution in [0.25, 0.3) is 0 Å². The lowest BCUT2D eigenvalue weighted by atomic mass is 9.59. The van der Waals surface area contributed by atoms with Crippen molar-refractivity contribution in [2.45, 2.75) is 46.0 Å². The average molecular weight is 360 g/mol. The van der Waals surface area contributed by atoms with Gasteiger partial charge in [-0.2, -0.15) is 5.26 Å². The molecule has 0 saturated heterocycles. The maximum absolute atomic E-state index is 13.2. The number of nitrogens with one attached hydrogen (secondary N) is 1. The monoisotopic (exact) mass is 360 g/mol. The Hall–Kier alpha value is -2.20. The van der Waals surface area contributed by atoms with Crippen molar-refractivity contribution in [3.05, 3.63) is 16.0 Å². The Bertz CT molecular complexity index is 788. The molecule has 1 unspecified atom stereocenters. The lowest BCUT2D eigenvalue weighted by Gasteiger charge is -2.41. The van der Waals surface area contributed by atoms with Gasteiger partial charge in [0, 0.05) is 6.92 Å². The second kappa shape index (κ2) is 6.60. The van der Waals surface area contributed by atoms with Gasteiger partial charge in [0.2, 0.25) is 5.91 Å². The first-order valence-electron chi connectivity index (χ1n) is 8.51. The van der Waals surface area contributed by atoms with Crippen LogP contribution >= 0.6 is 11.3 Å². The normalized spacial score (nSPS) is 22.5. The van der Waals surface area contributed by atoms with E-state index in [0.29, 0.717) is 28.3 Å². The fraction of sp³-hybridized carbons (Fsp3) is 0.556. The van der Waals surface area contributed by atoms with Crippen LogP contribution in [-0.4, -0.2) is 24.3 Å². The van der Waals surface area contributed by atoms with Crippen LogP contribution in [0.15, 0.2) is 0 Å². The summed E-state index contributed by atoms with van der Waals surface area (Å²) in [7, 11) is 0. The van der Waals surface area contributed by atoms with Gasteiger partial charge in [-0.05, 0) is 44.1 Å². The first kappa shape index (κ1) is 17.6. The minimum atomic E-state index is -0.991. The minimum absolute atomic E-state index is 0.0931. The van der Waals surface area contributed by atoms with Gasteiger partial charge in [0.1, 0.15) is 10.4 Å². The first-order valence-corrected chi connectivity index (χ1v) is 9.32. The summed E-state index contributed by atoms with van der Waals surface area (Å²) < 4.78 is 5.11. The van der Waals surface area contributed by atoms with Crippen LogP contribution in [0.3, 0.4) is 0 Å². The SMILES string of the molecule is CCOC(=O)c1c(NC(C)=O)sc2c1CCC(C#N)(C1CCC1)C2=O. The summed E-state index contributed by atoms with van der Waals surface area (Å²) in [6.45, 7) is 3.27. The number of hydrogen-bond donors (Lipinski definition) is 1. The van der Waals surface area contributed by atoms with E-state index in [1.165, 1.54) is 6.92 Å². The highest BCUT2D eigenvalue weighted by atomic mass is 32.1. The van der Waals surface area contributed by atoms with Crippen molar-refractivity contribution in [2.75, 3.05) is 11.9 Å². The van der Waals surface area contributed by atoms with Crippen LogP contribution in [0.1, 0.15) is 65.1 Å². The van der Waals surface area contributed by atoms with Crippen molar-refractivity contribution < 1.29 is 19.1 Å². The average Bonchev–Trinajstić information content (AvgIpc) is 2.86. The zero-order valence-corrected chi connectivity index (χ0v) is 15.1. The van der Waals surface area contributed by atoms with Crippen LogP contribution in [0, 0.1) is 22.7 Å². The van der Waals surface area contributed by atoms with Crippen molar-refractivity contribution in [2.24, 2.45) is 11.3 Å². The van der Waals surface area contributed by atoms with Crippen LogP contribution in [0.5, 0.6) is 0 Å². The summed E-state index contributed by atoms with van der Waals surface area (Å²) in [4.78, 5) is 37.5. The smallest absolute Gasteiger partial charge is 0.341 e. The molecule has 0 bridgehead atoms. The first-order chi connectivity index (χ1) is 11.9. The quantitative estimate of drug-likeness (QED) is 0.831. The number of nitriles is 1. The predicted molar refractivity (Wildman–Crippen MR) is 92.6 cm³/mol. The summed E-state index contributed by atoms with van der Waals surface area (Å²) in [6, 6.07) is 2.29. The van der Waals surface area contributed by atoms with Gasteiger partial charge in [-0.15, -0.1) is 11.3 Å². The lowest BCUT2D eigenvalue weighted by Crippen LogP contribution is -2.43. The van der Waals surface area contributed by atoms with Crippen LogP contribution in [0.2, 0.25) is 0 Å². The zero-order chi connectivity index (χ0) is 18.2. The third-order valence-electron chi connectivity index (χ3n) is 5.16. The number of nitrogens with zero attached hydrogens (tertiary/aromatic N) is 1. The number of carbonyl (C=O) groups is 3. The molecule has 2 aliphatic rings. The molecule has 1 fully saturated rings. The van der Waals surface area contributed by atoms with E-state index in [1.54, 1.807) is 6.92 Å². The maximum Gasteiger partial charge on any atom is 0.341 e. The number of amides is 1. The van der Waals surface area contributed by atoms with Crippen molar-refractivity contribution in [3.8, 4) is 6.07 Å². The summed E-state index contributed by atoms with van der Waals surface area (Å²) in [5.74, 6) is -0.963. The largest absolute Gasteiger partial charge is 0.462 e. The number of anilines is 1. The maximum atomic E-state index is 13.2. The van der Waals surface area contributed by atoms with Gasteiger partial charge in [0.05, 0.1) is 23.1 Å². The Labute approximate surface area is 150 Å². The molecule has 0 aliphatic heterocycles. The molecule has 1 aromatic heterocycles. The summed E-state index contributed by atoms with van der Waals surface area (Å²) in [5.41, 5.74) is -0.108. The molecular formula is C18H20N2O4S. The highest BCUT2D eigenvalue weighted by Gasteiger charge is 2.52. The van der Waals surface area contributed by atoms with E-state index in [4.69, 9.17) is 4.74 Å². The van der Waals surface area contributed by atoms with Gasteiger partial charge < -0.3 is 10.1 Å². The molecule has 0 aromatic carbocycles. The van der Waals surface area contributed by atoms with Crippen LogP contribution < -0.4 is 5.32 Å². The number of thiophene rings is 1. The van der Waals surface area contributed by atoms with Crippen molar-refractivity contribution in [3.63, 3.8) is 0 Å². The van der Waals surface area contributed by atoms with E-state index >= 15 is 0 Å². The molecule has 2 aliphatic carbocycles. The van der Waals surface area contributed by atoms with Gasteiger partial charge in [0.25, 0.3) is 0 Å². The Morgan fingerprint density at radius 2 is 2.16 bits per heavy atom. The molecule has 7 heteroatoms. The molecule has 1 heterocycles. The van der Waals surface area contributed by atoms with E-state index in [1.807, 2.05) is 0 Å². The molecule has 1 N–H and O–H groups in total. The van der Waals surface area contributed by atoms with Crippen molar-refractivity contribution in [1.29, 1.82) is 5.26 Å². The Morgan fingerprint density at radius 1 is 1.44 bits per heavy atom. The molecule has 1 aromatic rings. The molecule has 0 spiro atoms. The minimum Gasteiger partial charge on any atom is -0.462 e. The Balaban J connectivity index is 2.08. The van der Waals surface area contributed by atoms with Gasteiger partial charge >= 0.3 is 5.97 Å². The van der Waals surface area contributed by atoms with Crippen LogP contribution in [0.4, 0.5) is 5.00 Å². The molecule has 1 saturated carbocycles. The molecule has 1 amide bonds. The number of carbonyl (C=O) groups excluding carboxylic acids is 3. The van der Waals surface area contributed by atoms with Crippen molar-refractivity contribution >= 4 is 34.0 Å². The molecule has 132 valence electrons. The van der Waals surface area contributed by atoms with E-state index in [0.717, 1.165) is 30.6 Å². The van der Waals surface area contributed by atoms with E-state index in [9.17, 15) is 19.6 Å². The van der Waals surface area contributed by atoms with Gasteiger partial charge in [-0.3, -0.25) is 9.59 Å². The highest BCUT2D eigenvalue weighted by molar-refractivity contribution is 7.19. The summed E-state index contributed by atoms with van der Waals surface area (Å²) in [5, 5.41) is 12.7. The molecule has 3 rings (SSSR count). The predicted octanol–water partition coefficient (Wildman–Crippen LogP) is 3.32. The molecule has 0 radical (unpaired) electrons. The fourth-order valence-corrected chi connectivity index (χ4v) is 4.99. The number of ketones is 1. The topological polar surface area (TPSA) is 96.3 Å². The van der Waals surface area contributed by atoms with Gasteiger partial charge in [0.15, 0.2) is 5.78 Å². The van der Waals surface area contributed by atoms with E-state index in [2.05, 4.69) is 11.4 Å². The summed E-state index contributed by atoms with van der Waals surface area (Å²) in [6.07, 6.45) is 3.72. The fourth-order valence-electron chi connectivity index (χ4n) is 3.68. The standard InChI is InChI=1S/C18H20N2O4S/c1-3-24-17(23)13-12-7-8-18(9-19,11-5-4-6-11)15(22)14(12)25-16(13)20-10(2)21/h11H,3-8H2,1-2H3,(H,20,21). The number of fused-ring (bicyclic) bond motifs is 1. The molecule has 25 heavy (non-hydrogen) atoms. The van der Waals surface area contributed by atoms with E-state index in [-0.39, 0.29) is 29.8 Å². The van der Waals surface area contributed by atoms with Crippen molar-refractivity contribution in [1.82, 2.24) is 0 Å². The van der Waals surface area contributed by atoms with Gasteiger partial charge in [-0.1, -0.05) is 6.42 Å². The second-order valence-electron chi connectivity index (χ2n) is 6.56. The lowest BCUT2D eigenvalue weighted by molar-refractivity contribution is -0.114. The second-order valence-corrected chi connectivity index (χ2v) is 7.58. The Kier molecular flexibility index (Phi) is 4.65. The number of esters is 1. The molecule has 6 nitrogen and oxygen atoms in total. The zero-order valence-electron chi connectivity index (χ0n) is 14.3.